The van der Waals surface area contributed by atoms with Gasteiger partial charge in [0, 0.05) is 30.4 Å². The second kappa shape index (κ2) is 11.3. The van der Waals surface area contributed by atoms with Crippen molar-refractivity contribution in [1.82, 2.24) is 15.6 Å². The summed E-state index contributed by atoms with van der Waals surface area (Å²) in [6, 6.07) is 18.2. The molecule has 1 aromatic heterocycles. The van der Waals surface area contributed by atoms with E-state index in [9.17, 15) is 19.5 Å². The van der Waals surface area contributed by atoms with Crippen molar-refractivity contribution in [2.75, 3.05) is 13.2 Å². The molecule has 1 aliphatic carbocycles. The SMILES string of the molecule is O=C(N[C@@H](CCCCNC(=O)c1ccncc1)C(=O)O)OCC1c2ccccc2-c2ccccc21. The van der Waals surface area contributed by atoms with Gasteiger partial charge in [-0.15, -0.1) is 0 Å². The number of amides is 2. The number of carboxylic acids is 1. The molecule has 8 heteroatoms. The molecule has 0 saturated heterocycles. The second-order valence-electron chi connectivity index (χ2n) is 8.35. The number of unbranched alkanes of at least 4 members (excludes halogenated alkanes) is 1. The lowest BCUT2D eigenvalue weighted by atomic mass is 9.98. The van der Waals surface area contributed by atoms with E-state index in [4.69, 9.17) is 4.74 Å². The lowest BCUT2D eigenvalue weighted by Gasteiger charge is -2.17. The summed E-state index contributed by atoms with van der Waals surface area (Å²) >= 11 is 0. The highest BCUT2D eigenvalue weighted by Gasteiger charge is 2.29. The van der Waals surface area contributed by atoms with Crippen molar-refractivity contribution in [1.29, 1.82) is 0 Å². The zero-order chi connectivity index (χ0) is 24.6. The van der Waals surface area contributed by atoms with Crippen molar-refractivity contribution in [3.05, 3.63) is 89.7 Å². The zero-order valence-electron chi connectivity index (χ0n) is 19.1. The number of ether oxygens (including phenoxy) is 1. The van der Waals surface area contributed by atoms with Gasteiger partial charge in [0.2, 0.25) is 0 Å². The van der Waals surface area contributed by atoms with E-state index >= 15 is 0 Å². The number of alkyl carbamates (subject to hydrolysis) is 1. The molecule has 3 aromatic rings. The molecule has 2 amide bonds. The Morgan fingerprint density at radius 2 is 1.54 bits per heavy atom. The van der Waals surface area contributed by atoms with Gasteiger partial charge < -0.3 is 20.5 Å². The van der Waals surface area contributed by atoms with Gasteiger partial charge in [-0.2, -0.15) is 0 Å². The van der Waals surface area contributed by atoms with Gasteiger partial charge in [0.25, 0.3) is 5.91 Å². The van der Waals surface area contributed by atoms with Gasteiger partial charge in [0.05, 0.1) is 0 Å². The highest BCUT2D eigenvalue weighted by Crippen LogP contribution is 2.44. The summed E-state index contributed by atoms with van der Waals surface area (Å²) in [5.74, 6) is -1.43. The number of carbonyl (C=O) groups is 3. The van der Waals surface area contributed by atoms with Gasteiger partial charge in [-0.3, -0.25) is 9.78 Å². The quantitative estimate of drug-likeness (QED) is 0.384. The van der Waals surface area contributed by atoms with Crippen molar-refractivity contribution >= 4 is 18.0 Å². The number of nitrogens with one attached hydrogen (secondary N) is 2. The number of fused-ring (bicyclic) bond motifs is 3. The van der Waals surface area contributed by atoms with Crippen molar-refractivity contribution in [3.8, 4) is 11.1 Å². The molecule has 8 nitrogen and oxygen atoms in total. The number of benzene rings is 2. The van der Waals surface area contributed by atoms with E-state index < -0.39 is 18.1 Å². The molecule has 1 aliphatic rings. The van der Waals surface area contributed by atoms with Crippen LogP contribution in [0.25, 0.3) is 11.1 Å². The molecule has 0 bridgehead atoms. The maximum atomic E-state index is 12.4. The third-order valence-corrected chi connectivity index (χ3v) is 6.08. The monoisotopic (exact) mass is 473 g/mol. The smallest absolute Gasteiger partial charge is 0.407 e. The summed E-state index contributed by atoms with van der Waals surface area (Å²) in [6.45, 7) is 0.520. The fourth-order valence-corrected chi connectivity index (χ4v) is 4.32. The van der Waals surface area contributed by atoms with E-state index in [2.05, 4.69) is 15.6 Å². The number of pyridine rings is 1. The van der Waals surface area contributed by atoms with Crippen molar-refractivity contribution in [2.45, 2.75) is 31.2 Å². The summed E-state index contributed by atoms with van der Waals surface area (Å²) < 4.78 is 5.45. The molecular formula is C27H27N3O5. The molecule has 0 radical (unpaired) electrons. The molecule has 0 fully saturated rings. The average Bonchev–Trinajstić information content (AvgIpc) is 3.20. The van der Waals surface area contributed by atoms with Crippen LogP contribution in [0.3, 0.4) is 0 Å². The standard InChI is InChI=1S/C27H27N3O5/c31-25(18-12-15-28-16-13-18)29-14-6-5-11-24(26(32)33)30-27(34)35-17-23-21-9-3-1-7-19(21)20-8-2-4-10-22(20)23/h1-4,7-10,12-13,15-16,23-24H,5-6,11,14,17H2,(H,29,31)(H,30,34)(H,32,33)/t24-/m0/s1. The van der Waals surface area contributed by atoms with E-state index in [1.165, 1.54) is 0 Å². The molecule has 3 N–H and O–H groups in total. The number of rotatable bonds is 10. The van der Waals surface area contributed by atoms with Gasteiger partial charge in [-0.25, -0.2) is 9.59 Å². The first-order chi connectivity index (χ1) is 17.0. The molecule has 1 atom stereocenters. The number of carbonyl (C=O) groups excluding carboxylic acids is 2. The van der Waals surface area contributed by atoms with Gasteiger partial charge >= 0.3 is 12.1 Å². The van der Waals surface area contributed by atoms with Crippen molar-refractivity contribution in [2.24, 2.45) is 0 Å². The van der Waals surface area contributed by atoms with Gasteiger partial charge in [-0.1, -0.05) is 48.5 Å². The summed E-state index contributed by atoms with van der Waals surface area (Å²) in [5.41, 5.74) is 4.93. The van der Waals surface area contributed by atoms with Crippen LogP contribution in [-0.2, 0) is 9.53 Å². The highest BCUT2D eigenvalue weighted by atomic mass is 16.5. The van der Waals surface area contributed by atoms with Crippen LogP contribution in [0.4, 0.5) is 4.79 Å². The molecular weight excluding hydrogens is 446 g/mol. The minimum Gasteiger partial charge on any atom is -0.480 e. The zero-order valence-corrected chi connectivity index (χ0v) is 19.1. The van der Waals surface area contributed by atoms with Crippen LogP contribution in [0.2, 0.25) is 0 Å². The molecule has 0 spiro atoms. The fraction of sp³-hybridized carbons (Fsp3) is 0.259. The first kappa shape index (κ1) is 23.9. The summed E-state index contributed by atoms with van der Waals surface area (Å²) in [6.07, 6.45) is 3.64. The Balaban J connectivity index is 1.24. The normalized spacial score (nSPS) is 12.8. The minimum atomic E-state index is -1.13. The Kier molecular flexibility index (Phi) is 7.72. The van der Waals surface area contributed by atoms with Crippen LogP contribution in [0.15, 0.2) is 73.1 Å². The second-order valence-corrected chi connectivity index (χ2v) is 8.35. The fourth-order valence-electron chi connectivity index (χ4n) is 4.32. The number of hydrogen-bond donors (Lipinski definition) is 3. The number of aromatic nitrogens is 1. The minimum absolute atomic E-state index is 0.0968. The lowest BCUT2D eigenvalue weighted by molar-refractivity contribution is -0.139. The van der Waals surface area contributed by atoms with E-state index in [1.807, 2.05) is 48.5 Å². The van der Waals surface area contributed by atoms with E-state index in [0.29, 0.717) is 24.9 Å². The first-order valence-corrected chi connectivity index (χ1v) is 11.6. The number of nitrogens with zero attached hydrogens (tertiary/aromatic N) is 1. The predicted molar refractivity (Wildman–Crippen MR) is 130 cm³/mol. The third kappa shape index (κ3) is 5.84. The predicted octanol–water partition coefficient (Wildman–Crippen LogP) is 3.97. The van der Waals surface area contributed by atoms with Gasteiger partial charge in [0.1, 0.15) is 12.6 Å². The largest absolute Gasteiger partial charge is 0.480 e. The van der Waals surface area contributed by atoms with Crippen LogP contribution in [0, 0.1) is 0 Å². The Morgan fingerprint density at radius 1 is 0.914 bits per heavy atom. The van der Waals surface area contributed by atoms with Gasteiger partial charge in [0.15, 0.2) is 0 Å². The Labute approximate surface area is 203 Å². The Hall–Kier alpha value is -4.20. The summed E-state index contributed by atoms with van der Waals surface area (Å²) in [7, 11) is 0. The topological polar surface area (TPSA) is 118 Å². The average molecular weight is 474 g/mol. The highest BCUT2D eigenvalue weighted by molar-refractivity contribution is 5.93. The number of carboxylic acid groups (broad SMARTS) is 1. The molecule has 4 rings (SSSR count). The number of hydrogen-bond acceptors (Lipinski definition) is 5. The van der Waals surface area contributed by atoms with Crippen molar-refractivity contribution < 1.29 is 24.2 Å². The molecule has 2 aromatic carbocycles. The van der Waals surface area contributed by atoms with Crippen LogP contribution < -0.4 is 10.6 Å². The molecule has 0 saturated carbocycles. The van der Waals surface area contributed by atoms with Crippen molar-refractivity contribution in [3.63, 3.8) is 0 Å². The van der Waals surface area contributed by atoms with Crippen LogP contribution >= 0.6 is 0 Å². The van der Waals surface area contributed by atoms with Crippen LogP contribution in [0.5, 0.6) is 0 Å². The summed E-state index contributed by atoms with van der Waals surface area (Å²) in [4.78, 5) is 39.9. The molecule has 0 unspecified atom stereocenters. The summed E-state index contributed by atoms with van der Waals surface area (Å²) in [5, 5.41) is 14.8. The van der Waals surface area contributed by atoms with Gasteiger partial charge in [-0.05, 0) is 53.6 Å². The molecule has 180 valence electrons. The first-order valence-electron chi connectivity index (χ1n) is 11.6. The van der Waals surface area contributed by atoms with Crippen LogP contribution in [0.1, 0.15) is 46.7 Å². The maximum Gasteiger partial charge on any atom is 0.407 e. The molecule has 0 aliphatic heterocycles. The Bertz CT molecular complexity index is 1150. The van der Waals surface area contributed by atoms with E-state index in [0.717, 1.165) is 22.3 Å². The molecule has 35 heavy (non-hydrogen) atoms. The number of aliphatic carboxylic acids is 1. The van der Waals surface area contributed by atoms with E-state index in [-0.39, 0.29) is 24.9 Å². The maximum absolute atomic E-state index is 12.4. The van der Waals surface area contributed by atoms with Crippen LogP contribution in [-0.4, -0.2) is 47.3 Å². The van der Waals surface area contributed by atoms with E-state index in [1.54, 1.807) is 24.5 Å². The third-order valence-electron chi connectivity index (χ3n) is 6.08. The Morgan fingerprint density at radius 3 is 2.17 bits per heavy atom. The lowest BCUT2D eigenvalue weighted by Crippen LogP contribution is -2.41. The molecule has 1 heterocycles.